The molecule has 0 radical (unpaired) electrons. The van der Waals surface area contributed by atoms with E-state index in [2.05, 4.69) is 0 Å². The maximum absolute atomic E-state index is 12.8. The number of furan rings is 1. The molecule has 1 aliphatic rings. The van der Waals surface area contributed by atoms with Crippen LogP contribution in [0.3, 0.4) is 0 Å². The van der Waals surface area contributed by atoms with E-state index in [4.69, 9.17) is 4.42 Å². The third kappa shape index (κ3) is 4.08. The van der Waals surface area contributed by atoms with Crippen molar-refractivity contribution in [3.05, 3.63) is 53.5 Å². The van der Waals surface area contributed by atoms with Crippen LogP contribution in [0.2, 0.25) is 0 Å². The number of benzene rings is 1. The second-order valence-corrected chi connectivity index (χ2v) is 7.00. The summed E-state index contributed by atoms with van der Waals surface area (Å²) in [6.45, 7) is 7.08. The average Bonchev–Trinajstić information content (AvgIpc) is 3.21. The summed E-state index contributed by atoms with van der Waals surface area (Å²) in [5.74, 6) is -0.157. The molecule has 0 N–H and O–H groups in total. The zero-order valence-electron chi connectivity index (χ0n) is 16.5. The topological polar surface area (TPSA) is 74.1 Å². The molecule has 0 saturated carbocycles. The number of hydrogen-bond acceptors (Lipinski definition) is 4. The highest BCUT2D eigenvalue weighted by Crippen LogP contribution is 2.25. The van der Waals surface area contributed by atoms with Gasteiger partial charge in [0, 0.05) is 33.1 Å². The Labute approximate surface area is 164 Å². The molecule has 0 atom stereocenters. The summed E-state index contributed by atoms with van der Waals surface area (Å²) in [6, 6.07) is 9.11. The Hall–Kier alpha value is -3.09. The molecule has 1 aromatic heterocycles. The molecule has 2 heterocycles. The first-order chi connectivity index (χ1) is 13.4. The normalized spacial score (nSPS) is 14.1. The van der Waals surface area contributed by atoms with E-state index < -0.39 is 0 Å². The van der Waals surface area contributed by atoms with Gasteiger partial charge in [0.15, 0.2) is 5.76 Å². The Morgan fingerprint density at radius 1 is 0.964 bits per heavy atom. The molecule has 3 rings (SSSR count). The van der Waals surface area contributed by atoms with Crippen molar-refractivity contribution in [1.29, 1.82) is 0 Å². The molecule has 0 unspecified atom stereocenters. The number of aryl methyl sites for hydroxylation is 2. The van der Waals surface area contributed by atoms with Crippen molar-refractivity contribution in [2.45, 2.75) is 20.8 Å². The number of anilines is 1. The largest absolute Gasteiger partial charge is 0.459 e. The van der Waals surface area contributed by atoms with Gasteiger partial charge in [-0.2, -0.15) is 0 Å². The van der Waals surface area contributed by atoms with Crippen molar-refractivity contribution in [3.8, 4) is 0 Å². The van der Waals surface area contributed by atoms with Crippen LogP contribution in [0, 0.1) is 13.8 Å². The van der Waals surface area contributed by atoms with Crippen LogP contribution in [0.1, 0.15) is 28.6 Å². The molecule has 0 bridgehead atoms. The van der Waals surface area contributed by atoms with Gasteiger partial charge in [0.05, 0.1) is 12.0 Å². The molecule has 1 aliphatic heterocycles. The number of rotatable bonds is 4. The van der Waals surface area contributed by atoms with Crippen molar-refractivity contribution in [1.82, 2.24) is 9.80 Å². The number of piperazine rings is 1. The maximum Gasteiger partial charge on any atom is 0.289 e. The predicted octanol–water partition coefficient (Wildman–Crippen LogP) is 2.23. The lowest BCUT2D eigenvalue weighted by atomic mass is 10.1. The van der Waals surface area contributed by atoms with Crippen LogP contribution >= 0.6 is 0 Å². The quantitative estimate of drug-likeness (QED) is 0.812. The van der Waals surface area contributed by atoms with Gasteiger partial charge in [-0.05, 0) is 37.1 Å². The summed E-state index contributed by atoms with van der Waals surface area (Å²) in [6.07, 6.45) is 1.47. The fraction of sp³-hybridized carbons (Fsp3) is 0.381. The summed E-state index contributed by atoms with van der Waals surface area (Å²) in [5, 5.41) is 0. The van der Waals surface area contributed by atoms with Crippen molar-refractivity contribution >= 4 is 23.4 Å². The van der Waals surface area contributed by atoms with Gasteiger partial charge < -0.3 is 19.1 Å². The Morgan fingerprint density at radius 2 is 1.57 bits per heavy atom. The molecule has 7 heteroatoms. The van der Waals surface area contributed by atoms with Crippen LogP contribution in [-0.4, -0.2) is 60.2 Å². The van der Waals surface area contributed by atoms with Gasteiger partial charge in [-0.1, -0.05) is 18.2 Å². The van der Waals surface area contributed by atoms with Crippen molar-refractivity contribution in [2.24, 2.45) is 0 Å². The number of amides is 3. The molecule has 148 valence electrons. The molecule has 2 aromatic rings. The fourth-order valence-corrected chi connectivity index (χ4v) is 3.53. The second kappa shape index (κ2) is 8.29. The van der Waals surface area contributed by atoms with E-state index in [0.29, 0.717) is 31.9 Å². The highest BCUT2D eigenvalue weighted by Gasteiger charge is 2.28. The lowest BCUT2D eigenvalue weighted by Crippen LogP contribution is -2.53. The van der Waals surface area contributed by atoms with E-state index in [1.165, 1.54) is 18.1 Å². The molecule has 1 saturated heterocycles. The molecule has 0 aliphatic carbocycles. The molecular formula is C21H25N3O4. The first kappa shape index (κ1) is 19.7. The molecule has 0 spiro atoms. The number of hydrogen-bond donors (Lipinski definition) is 0. The number of nitrogens with zero attached hydrogens (tertiary/aromatic N) is 3. The van der Waals surface area contributed by atoms with Crippen molar-refractivity contribution in [3.63, 3.8) is 0 Å². The highest BCUT2D eigenvalue weighted by molar-refractivity contribution is 5.99. The van der Waals surface area contributed by atoms with E-state index in [1.807, 2.05) is 32.0 Å². The second-order valence-electron chi connectivity index (χ2n) is 7.00. The Kier molecular flexibility index (Phi) is 5.82. The minimum absolute atomic E-state index is 0.00679. The van der Waals surface area contributed by atoms with Gasteiger partial charge in [-0.25, -0.2) is 0 Å². The van der Waals surface area contributed by atoms with Crippen LogP contribution in [0.5, 0.6) is 0 Å². The molecule has 3 amide bonds. The van der Waals surface area contributed by atoms with E-state index in [1.54, 1.807) is 21.9 Å². The van der Waals surface area contributed by atoms with Crippen LogP contribution in [0.25, 0.3) is 0 Å². The Bertz CT molecular complexity index is 848. The average molecular weight is 383 g/mol. The lowest BCUT2D eigenvalue weighted by molar-refractivity contribution is -0.132. The predicted molar refractivity (Wildman–Crippen MR) is 105 cm³/mol. The smallest absolute Gasteiger partial charge is 0.289 e. The lowest BCUT2D eigenvalue weighted by Gasteiger charge is -2.35. The van der Waals surface area contributed by atoms with Crippen LogP contribution in [-0.2, 0) is 9.59 Å². The van der Waals surface area contributed by atoms with Crippen LogP contribution in [0.4, 0.5) is 5.69 Å². The standard InChI is InChI=1S/C21H25N3O4/c1-15-6-4-7-16(2)20(15)24(17(3)25)14-19(26)22-9-11-23(12-10-22)21(27)18-8-5-13-28-18/h4-8,13H,9-12,14H2,1-3H3. The number of carbonyl (C=O) groups is 3. The Balaban J connectivity index is 1.64. The van der Waals surface area contributed by atoms with E-state index in [0.717, 1.165) is 16.8 Å². The van der Waals surface area contributed by atoms with Gasteiger partial charge in [0.25, 0.3) is 5.91 Å². The third-order valence-corrected chi connectivity index (χ3v) is 5.03. The molecular weight excluding hydrogens is 358 g/mol. The van der Waals surface area contributed by atoms with Crippen LogP contribution in [0.15, 0.2) is 41.0 Å². The monoisotopic (exact) mass is 383 g/mol. The minimum Gasteiger partial charge on any atom is -0.459 e. The Morgan fingerprint density at radius 3 is 2.11 bits per heavy atom. The van der Waals surface area contributed by atoms with Crippen LogP contribution < -0.4 is 4.90 Å². The summed E-state index contributed by atoms with van der Waals surface area (Å²) in [5.41, 5.74) is 2.70. The number of para-hydroxylation sites is 1. The summed E-state index contributed by atoms with van der Waals surface area (Å²) in [7, 11) is 0. The van der Waals surface area contributed by atoms with Gasteiger partial charge >= 0.3 is 0 Å². The van der Waals surface area contributed by atoms with Crippen molar-refractivity contribution < 1.29 is 18.8 Å². The molecule has 7 nitrogen and oxygen atoms in total. The minimum atomic E-state index is -0.169. The fourth-order valence-electron chi connectivity index (χ4n) is 3.53. The zero-order valence-corrected chi connectivity index (χ0v) is 16.5. The van der Waals surface area contributed by atoms with Gasteiger partial charge in [0.1, 0.15) is 6.54 Å². The summed E-state index contributed by atoms with van der Waals surface area (Å²) < 4.78 is 5.16. The van der Waals surface area contributed by atoms with Crippen molar-refractivity contribution in [2.75, 3.05) is 37.6 Å². The first-order valence-electron chi connectivity index (χ1n) is 9.33. The zero-order chi connectivity index (χ0) is 20.3. The molecule has 1 fully saturated rings. The maximum atomic E-state index is 12.8. The van der Waals surface area contributed by atoms with Gasteiger partial charge in [0.2, 0.25) is 11.8 Å². The first-order valence-corrected chi connectivity index (χ1v) is 9.33. The SMILES string of the molecule is CC(=O)N(CC(=O)N1CCN(C(=O)c2ccco2)CC1)c1c(C)cccc1C. The summed E-state index contributed by atoms with van der Waals surface area (Å²) >= 11 is 0. The van der Waals surface area contributed by atoms with Gasteiger partial charge in [-0.15, -0.1) is 0 Å². The summed E-state index contributed by atoms with van der Waals surface area (Å²) in [4.78, 5) is 42.3. The molecule has 28 heavy (non-hydrogen) atoms. The number of carbonyl (C=O) groups excluding carboxylic acids is 3. The molecule has 1 aromatic carbocycles. The van der Waals surface area contributed by atoms with Gasteiger partial charge in [-0.3, -0.25) is 14.4 Å². The van der Waals surface area contributed by atoms with E-state index >= 15 is 0 Å². The third-order valence-electron chi connectivity index (χ3n) is 5.03. The van der Waals surface area contributed by atoms with E-state index in [-0.39, 0.29) is 24.3 Å². The highest BCUT2D eigenvalue weighted by atomic mass is 16.3. The van der Waals surface area contributed by atoms with E-state index in [9.17, 15) is 14.4 Å².